The first kappa shape index (κ1) is 22.5. The number of anilines is 1. The maximum atomic E-state index is 12.3. The van der Waals surface area contributed by atoms with Crippen molar-refractivity contribution in [1.82, 2.24) is 4.90 Å². The summed E-state index contributed by atoms with van der Waals surface area (Å²) in [5.74, 6) is 0.290. The van der Waals surface area contributed by atoms with E-state index in [9.17, 15) is 9.59 Å². The third-order valence-corrected chi connectivity index (χ3v) is 6.34. The molecule has 0 aliphatic carbocycles. The van der Waals surface area contributed by atoms with Crippen LogP contribution in [0.5, 0.6) is 5.75 Å². The Labute approximate surface area is 190 Å². The summed E-state index contributed by atoms with van der Waals surface area (Å²) in [6.45, 7) is 6.12. The third-order valence-electron chi connectivity index (χ3n) is 4.80. The highest BCUT2D eigenvalue weighted by atomic mass is 35.5. The number of ether oxygens (including phenoxy) is 1. The van der Waals surface area contributed by atoms with Gasteiger partial charge in [-0.3, -0.25) is 14.5 Å². The molecule has 0 radical (unpaired) electrons. The lowest BCUT2D eigenvalue weighted by molar-refractivity contribution is -0.121. The Morgan fingerprint density at radius 2 is 1.83 bits per heavy atom. The van der Waals surface area contributed by atoms with E-state index < -0.39 is 0 Å². The van der Waals surface area contributed by atoms with Crippen molar-refractivity contribution in [2.24, 2.45) is 0 Å². The van der Waals surface area contributed by atoms with Gasteiger partial charge in [-0.2, -0.15) is 0 Å². The van der Waals surface area contributed by atoms with Gasteiger partial charge in [0.05, 0.1) is 4.91 Å². The Bertz CT molecular complexity index is 1010. The van der Waals surface area contributed by atoms with Crippen LogP contribution in [-0.4, -0.2) is 36.2 Å². The first-order chi connectivity index (χ1) is 14.3. The first-order valence-corrected chi connectivity index (χ1v) is 11.1. The van der Waals surface area contributed by atoms with Crippen molar-refractivity contribution < 1.29 is 14.3 Å². The highest BCUT2D eigenvalue weighted by Crippen LogP contribution is 2.35. The molecule has 30 heavy (non-hydrogen) atoms. The van der Waals surface area contributed by atoms with Crippen molar-refractivity contribution in [2.75, 3.05) is 25.0 Å². The Hall–Kier alpha value is -2.15. The maximum absolute atomic E-state index is 12.3. The topological polar surface area (TPSA) is 49.9 Å². The van der Waals surface area contributed by atoms with Gasteiger partial charge in [-0.25, -0.2) is 0 Å². The molecule has 0 saturated carbocycles. The van der Waals surface area contributed by atoms with Gasteiger partial charge in [0.25, 0.3) is 11.1 Å². The molecular weight excluding hydrogens is 443 g/mol. The molecule has 158 valence electrons. The molecule has 1 fully saturated rings. The second kappa shape index (κ2) is 9.77. The minimum atomic E-state index is -0.315. The number of imide groups is 1. The molecular formula is C22H22Cl2N2O3S. The third kappa shape index (κ3) is 4.94. The molecule has 2 amide bonds. The van der Waals surface area contributed by atoms with Gasteiger partial charge in [0.15, 0.2) is 0 Å². The molecule has 1 heterocycles. The molecule has 0 N–H and O–H groups in total. The Balaban J connectivity index is 1.95. The van der Waals surface area contributed by atoms with E-state index in [1.165, 1.54) is 7.05 Å². The molecule has 3 rings (SSSR count). The fraction of sp³-hybridized carbons (Fsp3) is 0.273. The Morgan fingerprint density at radius 1 is 1.10 bits per heavy atom. The fourth-order valence-electron chi connectivity index (χ4n) is 3.03. The fourth-order valence-corrected chi connectivity index (χ4v) is 4.31. The number of rotatable bonds is 7. The summed E-state index contributed by atoms with van der Waals surface area (Å²) in [6, 6.07) is 11.1. The minimum Gasteiger partial charge on any atom is -0.488 e. The molecule has 2 aromatic carbocycles. The molecule has 5 nitrogen and oxygen atoms in total. The lowest BCUT2D eigenvalue weighted by Crippen LogP contribution is -2.22. The molecule has 0 spiro atoms. The van der Waals surface area contributed by atoms with Gasteiger partial charge in [0.2, 0.25) is 0 Å². The number of likely N-dealkylation sites (N-methyl/N-ethyl adjacent to an activating group) is 1. The van der Waals surface area contributed by atoms with Crippen molar-refractivity contribution in [3.05, 3.63) is 62.5 Å². The van der Waals surface area contributed by atoms with Gasteiger partial charge < -0.3 is 9.64 Å². The monoisotopic (exact) mass is 464 g/mol. The van der Waals surface area contributed by atoms with E-state index in [-0.39, 0.29) is 17.8 Å². The van der Waals surface area contributed by atoms with Crippen LogP contribution in [0.15, 0.2) is 41.3 Å². The van der Waals surface area contributed by atoms with Crippen LogP contribution in [0.2, 0.25) is 10.0 Å². The number of benzene rings is 2. The Kier molecular flexibility index (Phi) is 7.34. The van der Waals surface area contributed by atoms with Crippen LogP contribution in [0.1, 0.15) is 25.0 Å². The summed E-state index contributed by atoms with van der Waals surface area (Å²) >= 11 is 13.2. The van der Waals surface area contributed by atoms with Crippen molar-refractivity contribution in [1.29, 1.82) is 0 Å². The van der Waals surface area contributed by atoms with E-state index in [2.05, 4.69) is 18.7 Å². The van der Waals surface area contributed by atoms with Crippen molar-refractivity contribution in [2.45, 2.75) is 20.5 Å². The number of nitrogens with zero attached hydrogens (tertiary/aromatic N) is 2. The van der Waals surface area contributed by atoms with Crippen LogP contribution in [0.25, 0.3) is 6.08 Å². The second-order valence-corrected chi connectivity index (χ2v) is 8.50. The summed E-state index contributed by atoms with van der Waals surface area (Å²) in [6.07, 6.45) is 1.69. The summed E-state index contributed by atoms with van der Waals surface area (Å²) in [4.78, 5) is 27.8. The van der Waals surface area contributed by atoms with Crippen molar-refractivity contribution >= 4 is 57.9 Å². The molecule has 8 heteroatoms. The standard InChI is InChI=1S/C22H22Cl2N2O3S/c1-4-26(5-2)17-9-7-14(10-20-21(27)25(3)22(28)30-20)19(12-17)29-13-15-6-8-16(23)11-18(15)24/h6-12H,4-5,13H2,1-3H3/b20-10+. The van der Waals surface area contributed by atoms with Crippen LogP contribution < -0.4 is 9.64 Å². The van der Waals surface area contributed by atoms with Gasteiger partial charge in [0.1, 0.15) is 12.4 Å². The van der Waals surface area contributed by atoms with Gasteiger partial charge in [0, 0.05) is 53.1 Å². The normalized spacial score (nSPS) is 15.2. The summed E-state index contributed by atoms with van der Waals surface area (Å²) < 4.78 is 6.11. The number of thioether (sulfide) groups is 1. The molecule has 0 atom stereocenters. The van der Waals surface area contributed by atoms with Crippen LogP contribution in [0, 0.1) is 0 Å². The molecule has 0 bridgehead atoms. The zero-order valence-electron chi connectivity index (χ0n) is 16.9. The van der Waals surface area contributed by atoms with Crippen LogP contribution >= 0.6 is 35.0 Å². The Morgan fingerprint density at radius 3 is 2.43 bits per heavy atom. The molecule has 1 aliphatic rings. The van der Waals surface area contributed by atoms with E-state index in [4.69, 9.17) is 27.9 Å². The highest BCUT2D eigenvalue weighted by Gasteiger charge is 2.32. The lowest BCUT2D eigenvalue weighted by Gasteiger charge is -2.22. The molecule has 1 saturated heterocycles. The van der Waals surface area contributed by atoms with Crippen molar-refractivity contribution in [3.63, 3.8) is 0 Å². The lowest BCUT2D eigenvalue weighted by atomic mass is 10.1. The maximum Gasteiger partial charge on any atom is 0.293 e. The van der Waals surface area contributed by atoms with Crippen LogP contribution in [-0.2, 0) is 11.4 Å². The first-order valence-electron chi connectivity index (χ1n) is 9.51. The summed E-state index contributed by atoms with van der Waals surface area (Å²) in [7, 11) is 1.47. The minimum absolute atomic E-state index is 0.244. The number of hydrogen-bond donors (Lipinski definition) is 0. The number of hydrogen-bond acceptors (Lipinski definition) is 5. The summed E-state index contributed by atoms with van der Waals surface area (Å²) in [5.41, 5.74) is 2.53. The molecule has 2 aromatic rings. The predicted molar refractivity (Wildman–Crippen MR) is 125 cm³/mol. The van der Waals surface area contributed by atoms with E-state index in [1.54, 1.807) is 18.2 Å². The van der Waals surface area contributed by atoms with Crippen molar-refractivity contribution in [3.8, 4) is 5.75 Å². The number of amides is 2. The molecule has 1 aliphatic heterocycles. The number of halogens is 2. The van der Waals surface area contributed by atoms with Crippen LogP contribution in [0.4, 0.5) is 10.5 Å². The van der Waals surface area contributed by atoms with E-state index in [0.717, 1.165) is 46.6 Å². The summed E-state index contributed by atoms with van der Waals surface area (Å²) in [5, 5.41) is 0.792. The average molecular weight is 465 g/mol. The number of carbonyl (C=O) groups is 2. The van der Waals surface area contributed by atoms with Gasteiger partial charge in [-0.05, 0) is 56.0 Å². The van der Waals surface area contributed by atoms with Gasteiger partial charge in [-0.1, -0.05) is 29.3 Å². The SMILES string of the molecule is CCN(CC)c1ccc(/C=C2/SC(=O)N(C)C2=O)c(OCc2ccc(Cl)cc2Cl)c1. The smallest absolute Gasteiger partial charge is 0.293 e. The quantitative estimate of drug-likeness (QED) is 0.464. The molecule has 0 aromatic heterocycles. The molecule has 0 unspecified atom stereocenters. The largest absolute Gasteiger partial charge is 0.488 e. The average Bonchev–Trinajstić information content (AvgIpc) is 2.96. The van der Waals surface area contributed by atoms with Crippen LogP contribution in [0.3, 0.4) is 0 Å². The predicted octanol–water partition coefficient (Wildman–Crippen LogP) is 6.08. The van der Waals surface area contributed by atoms with Gasteiger partial charge in [-0.15, -0.1) is 0 Å². The van der Waals surface area contributed by atoms with Gasteiger partial charge >= 0.3 is 0 Å². The second-order valence-electron chi connectivity index (χ2n) is 6.66. The number of carbonyl (C=O) groups excluding carboxylic acids is 2. The van der Waals surface area contributed by atoms with E-state index in [0.29, 0.717) is 20.7 Å². The zero-order valence-corrected chi connectivity index (χ0v) is 19.3. The zero-order chi connectivity index (χ0) is 21.8. The van der Waals surface area contributed by atoms with E-state index >= 15 is 0 Å². The highest BCUT2D eigenvalue weighted by molar-refractivity contribution is 8.18. The van der Waals surface area contributed by atoms with E-state index in [1.807, 2.05) is 24.3 Å².